The normalized spacial score (nSPS) is 11.3. The van der Waals surface area contributed by atoms with E-state index in [1.54, 1.807) is 61.7 Å². The maximum absolute atomic E-state index is 14.0. The Kier molecular flexibility index (Phi) is 8.97. The number of fused-ring (bicyclic) bond motifs is 2. The largest absolute Gasteiger partial charge is 0.496 e. The number of anilines is 1. The molecule has 10 nitrogen and oxygen atoms in total. The molecule has 0 radical (unpaired) electrons. The smallest absolute Gasteiger partial charge is 0.282 e. The lowest BCUT2D eigenvalue weighted by Crippen LogP contribution is -2.21. The molecule has 0 spiro atoms. The molecule has 1 N–H and O–H groups in total. The highest BCUT2D eigenvalue weighted by Gasteiger charge is 2.19. The van der Waals surface area contributed by atoms with Gasteiger partial charge in [0.1, 0.15) is 17.1 Å². The summed E-state index contributed by atoms with van der Waals surface area (Å²) < 4.78 is 39.0. The van der Waals surface area contributed by atoms with E-state index in [0.29, 0.717) is 55.2 Å². The van der Waals surface area contributed by atoms with Crippen molar-refractivity contribution in [2.24, 2.45) is 5.10 Å². The zero-order chi connectivity index (χ0) is 32.2. The van der Waals surface area contributed by atoms with Gasteiger partial charge in [-0.25, -0.2) is 9.37 Å². The molecule has 0 unspecified atom stereocenters. The van der Waals surface area contributed by atoms with E-state index in [9.17, 15) is 14.0 Å². The quantitative estimate of drug-likeness (QED) is 0.121. The molecule has 0 aliphatic rings. The van der Waals surface area contributed by atoms with Crippen molar-refractivity contribution in [1.29, 1.82) is 0 Å². The van der Waals surface area contributed by atoms with Crippen molar-refractivity contribution in [3.05, 3.63) is 110 Å². The molecule has 6 rings (SSSR count). The molecule has 0 atom stereocenters. The average molecular weight is 733 g/mol. The molecule has 4 aromatic carbocycles. The molecule has 0 fully saturated rings. The minimum absolute atomic E-state index is 0.0574. The van der Waals surface area contributed by atoms with Gasteiger partial charge in [0.05, 0.1) is 45.5 Å². The highest BCUT2D eigenvalue weighted by atomic mass is 127. The van der Waals surface area contributed by atoms with Gasteiger partial charge in [-0.3, -0.25) is 9.59 Å². The average Bonchev–Trinajstić information content (AvgIpc) is 3.50. The van der Waals surface area contributed by atoms with Crippen LogP contribution in [-0.2, 0) is 4.79 Å². The third-order valence-electron chi connectivity index (χ3n) is 6.87. The van der Waals surface area contributed by atoms with Crippen molar-refractivity contribution in [3.63, 3.8) is 0 Å². The van der Waals surface area contributed by atoms with Crippen LogP contribution in [0.2, 0.25) is 0 Å². The van der Waals surface area contributed by atoms with Crippen molar-refractivity contribution in [2.45, 2.75) is 6.92 Å². The fraction of sp³-hybridized carbons (Fsp3) is 0.118. The Hall–Kier alpha value is -5.24. The maximum Gasteiger partial charge on any atom is 0.282 e. The third kappa shape index (κ3) is 6.29. The number of aromatic nitrogens is 2. The number of rotatable bonds is 10. The highest BCUT2D eigenvalue weighted by Crippen LogP contribution is 2.35. The van der Waals surface area contributed by atoms with Crippen LogP contribution in [0.1, 0.15) is 12.5 Å². The van der Waals surface area contributed by atoms with E-state index in [2.05, 4.69) is 33.0 Å². The molecule has 0 bridgehead atoms. The summed E-state index contributed by atoms with van der Waals surface area (Å²) in [6, 6.07) is 23.5. The molecule has 0 saturated heterocycles. The van der Waals surface area contributed by atoms with Crippen LogP contribution in [-0.4, -0.2) is 42.1 Å². The zero-order valence-electron chi connectivity index (χ0n) is 24.6. The van der Waals surface area contributed by atoms with Gasteiger partial charge in [0.2, 0.25) is 5.82 Å². The number of methoxy groups -OCH3 is 1. The molecule has 0 aliphatic carbocycles. The second-order valence-electron chi connectivity index (χ2n) is 9.88. The molecule has 232 valence electrons. The molecular formula is C34H26FIN4O6. The maximum atomic E-state index is 14.0. The first-order chi connectivity index (χ1) is 22.4. The van der Waals surface area contributed by atoms with Gasteiger partial charge in [-0.2, -0.15) is 9.78 Å². The van der Waals surface area contributed by atoms with Gasteiger partial charge in [-0.05, 0) is 89.7 Å². The Balaban J connectivity index is 1.34. The number of nitrogens with zero attached hydrogens (tertiary/aromatic N) is 3. The number of halogens is 2. The predicted octanol–water partition coefficient (Wildman–Crippen LogP) is 6.86. The molecule has 2 aromatic heterocycles. The van der Waals surface area contributed by atoms with Crippen molar-refractivity contribution in [2.75, 3.05) is 25.6 Å². The SMILES string of the molecule is CCOc1cc(C=Nn2c(-c3cc4c(OC)cccc4o3)nc3ccccc3c2=O)cc(I)c1OCC(=O)Nc1ccccc1F. The number of nitrogens with one attached hydrogen (secondary N) is 1. The molecule has 0 aliphatic heterocycles. The van der Waals surface area contributed by atoms with Gasteiger partial charge in [0.15, 0.2) is 23.9 Å². The van der Waals surface area contributed by atoms with Gasteiger partial charge in [-0.15, -0.1) is 0 Å². The number of benzene rings is 4. The summed E-state index contributed by atoms with van der Waals surface area (Å²) in [5.74, 6) is 0.782. The lowest BCUT2D eigenvalue weighted by atomic mass is 10.2. The summed E-state index contributed by atoms with van der Waals surface area (Å²) in [6.45, 7) is 1.76. The number of hydrogen-bond donors (Lipinski definition) is 1. The fourth-order valence-electron chi connectivity index (χ4n) is 4.79. The zero-order valence-corrected chi connectivity index (χ0v) is 26.8. The highest BCUT2D eigenvalue weighted by molar-refractivity contribution is 14.1. The summed E-state index contributed by atoms with van der Waals surface area (Å²) in [5.41, 5.74) is 1.33. The van der Waals surface area contributed by atoms with Crippen LogP contribution in [0.5, 0.6) is 17.2 Å². The molecule has 1 amide bonds. The van der Waals surface area contributed by atoms with Crippen LogP contribution in [0.4, 0.5) is 10.1 Å². The second kappa shape index (κ2) is 13.4. The lowest BCUT2D eigenvalue weighted by Gasteiger charge is -2.15. The van der Waals surface area contributed by atoms with E-state index in [4.69, 9.17) is 23.6 Å². The van der Waals surface area contributed by atoms with Crippen molar-refractivity contribution < 1.29 is 27.8 Å². The van der Waals surface area contributed by atoms with Gasteiger partial charge in [-0.1, -0.05) is 30.3 Å². The van der Waals surface area contributed by atoms with Gasteiger partial charge in [0.25, 0.3) is 11.5 Å². The van der Waals surface area contributed by atoms with E-state index in [0.717, 1.165) is 5.39 Å². The number of carbonyl (C=O) groups is 1. The Morgan fingerprint density at radius 2 is 1.83 bits per heavy atom. The number of carbonyl (C=O) groups excluding carboxylic acids is 1. The Morgan fingerprint density at radius 3 is 2.63 bits per heavy atom. The van der Waals surface area contributed by atoms with Crippen LogP contribution in [0.3, 0.4) is 0 Å². The molecule has 0 saturated carbocycles. The van der Waals surface area contributed by atoms with Gasteiger partial charge in [0, 0.05) is 0 Å². The lowest BCUT2D eigenvalue weighted by molar-refractivity contribution is -0.118. The number of ether oxygens (including phenoxy) is 3. The monoisotopic (exact) mass is 732 g/mol. The first kappa shape index (κ1) is 30.8. The summed E-state index contributed by atoms with van der Waals surface area (Å²) in [6.07, 6.45) is 1.50. The third-order valence-corrected chi connectivity index (χ3v) is 7.67. The Labute approximate surface area is 275 Å². The number of hydrogen-bond acceptors (Lipinski definition) is 8. The van der Waals surface area contributed by atoms with Crippen LogP contribution in [0.15, 0.2) is 99.2 Å². The standard InChI is InChI=1S/C34H26FIN4O6/c1-3-44-29-16-20(15-24(36)32(29)45-19-31(41)38-26-12-7-5-10-23(26)35)18-37-40-33(39-25-11-6-4-9-21(25)34(40)42)30-17-22-27(43-2)13-8-14-28(22)46-30/h4-18H,3,19H2,1-2H3,(H,38,41). The minimum atomic E-state index is -0.548. The summed E-state index contributed by atoms with van der Waals surface area (Å²) in [7, 11) is 1.57. The first-order valence-electron chi connectivity index (χ1n) is 14.1. The molecule has 46 heavy (non-hydrogen) atoms. The van der Waals surface area contributed by atoms with Gasteiger partial charge < -0.3 is 23.9 Å². The predicted molar refractivity (Wildman–Crippen MR) is 182 cm³/mol. The van der Waals surface area contributed by atoms with E-state index in [1.165, 1.54) is 29.1 Å². The van der Waals surface area contributed by atoms with E-state index < -0.39 is 11.7 Å². The first-order valence-corrected chi connectivity index (χ1v) is 15.2. The van der Waals surface area contributed by atoms with Crippen molar-refractivity contribution in [1.82, 2.24) is 9.66 Å². The fourth-order valence-corrected chi connectivity index (χ4v) is 5.57. The summed E-state index contributed by atoms with van der Waals surface area (Å²) in [4.78, 5) is 30.9. The topological polar surface area (TPSA) is 117 Å². The van der Waals surface area contributed by atoms with E-state index in [-0.39, 0.29) is 23.7 Å². The number of amides is 1. The van der Waals surface area contributed by atoms with Crippen LogP contribution < -0.4 is 25.1 Å². The summed E-state index contributed by atoms with van der Waals surface area (Å²) >= 11 is 2.06. The van der Waals surface area contributed by atoms with Crippen LogP contribution in [0.25, 0.3) is 33.5 Å². The molecule has 12 heteroatoms. The number of furan rings is 1. The van der Waals surface area contributed by atoms with Gasteiger partial charge >= 0.3 is 0 Å². The van der Waals surface area contributed by atoms with Crippen LogP contribution in [0, 0.1) is 9.39 Å². The Morgan fingerprint density at radius 1 is 1.02 bits per heavy atom. The summed E-state index contributed by atoms with van der Waals surface area (Å²) in [5, 5.41) is 8.16. The van der Waals surface area contributed by atoms with E-state index in [1.807, 2.05) is 19.1 Å². The van der Waals surface area contributed by atoms with Crippen LogP contribution >= 0.6 is 22.6 Å². The number of para-hydroxylation sites is 2. The van der Waals surface area contributed by atoms with Crippen molar-refractivity contribution in [3.8, 4) is 28.8 Å². The second-order valence-corrected chi connectivity index (χ2v) is 11.0. The van der Waals surface area contributed by atoms with Crippen molar-refractivity contribution >= 4 is 62.3 Å². The molecule has 2 heterocycles. The Bertz CT molecular complexity index is 2180. The minimum Gasteiger partial charge on any atom is -0.496 e. The van der Waals surface area contributed by atoms with E-state index >= 15 is 0 Å². The molecular weight excluding hydrogens is 706 g/mol. The molecule has 6 aromatic rings.